The molecule has 2 N–H and O–H groups in total. The van der Waals surface area contributed by atoms with E-state index in [1.54, 1.807) is 0 Å². The SMILES string of the molecule is CC(C)CNCC(O)CN1CC2CCCC2C1. The van der Waals surface area contributed by atoms with Crippen molar-refractivity contribution in [2.45, 2.75) is 39.2 Å². The summed E-state index contributed by atoms with van der Waals surface area (Å²) in [6.07, 6.45) is 4.07. The zero-order valence-electron chi connectivity index (χ0n) is 11.4. The van der Waals surface area contributed by atoms with E-state index in [-0.39, 0.29) is 6.10 Å². The number of aliphatic hydroxyl groups is 1. The summed E-state index contributed by atoms with van der Waals surface area (Å²) in [5, 5.41) is 13.3. The van der Waals surface area contributed by atoms with E-state index in [2.05, 4.69) is 24.1 Å². The van der Waals surface area contributed by atoms with Crippen LogP contribution < -0.4 is 5.32 Å². The van der Waals surface area contributed by atoms with Crippen LogP contribution in [0.5, 0.6) is 0 Å². The Balaban J connectivity index is 1.61. The van der Waals surface area contributed by atoms with Gasteiger partial charge in [-0.25, -0.2) is 0 Å². The second-order valence-electron chi connectivity index (χ2n) is 6.38. The number of nitrogens with one attached hydrogen (secondary N) is 1. The normalized spacial score (nSPS) is 31.1. The maximum Gasteiger partial charge on any atom is 0.0791 e. The first-order chi connectivity index (χ1) is 8.15. The monoisotopic (exact) mass is 240 g/mol. The van der Waals surface area contributed by atoms with Crippen molar-refractivity contribution < 1.29 is 5.11 Å². The van der Waals surface area contributed by atoms with Gasteiger partial charge in [-0.2, -0.15) is 0 Å². The van der Waals surface area contributed by atoms with E-state index >= 15 is 0 Å². The van der Waals surface area contributed by atoms with Gasteiger partial charge in [0.1, 0.15) is 0 Å². The summed E-state index contributed by atoms with van der Waals surface area (Å²) in [4.78, 5) is 2.47. The van der Waals surface area contributed by atoms with Crippen LogP contribution in [-0.2, 0) is 0 Å². The molecule has 0 amide bonds. The van der Waals surface area contributed by atoms with Crippen LogP contribution in [0.4, 0.5) is 0 Å². The molecule has 3 unspecified atom stereocenters. The highest BCUT2D eigenvalue weighted by Crippen LogP contribution is 2.37. The molecule has 1 aliphatic carbocycles. The molecule has 0 radical (unpaired) electrons. The van der Waals surface area contributed by atoms with E-state index in [4.69, 9.17) is 0 Å². The second-order valence-corrected chi connectivity index (χ2v) is 6.38. The summed E-state index contributed by atoms with van der Waals surface area (Å²) >= 11 is 0. The van der Waals surface area contributed by atoms with Crippen molar-refractivity contribution >= 4 is 0 Å². The predicted molar refractivity (Wildman–Crippen MR) is 71.0 cm³/mol. The van der Waals surface area contributed by atoms with E-state index in [1.807, 2.05) is 0 Å². The van der Waals surface area contributed by atoms with Gasteiger partial charge in [-0.15, -0.1) is 0 Å². The van der Waals surface area contributed by atoms with Gasteiger partial charge < -0.3 is 15.3 Å². The Labute approximate surface area is 106 Å². The lowest BCUT2D eigenvalue weighted by Crippen LogP contribution is -2.38. The van der Waals surface area contributed by atoms with E-state index in [0.29, 0.717) is 5.92 Å². The second kappa shape index (κ2) is 6.17. The minimum absolute atomic E-state index is 0.201. The number of likely N-dealkylation sites (tertiary alicyclic amines) is 1. The molecule has 3 nitrogen and oxygen atoms in total. The molecule has 3 atom stereocenters. The minimum Gasteiger partial charge on any atom is -0.390 e. The number of rotatable bonds is 6. The molecule has 0 bridgehead atoms. The summed E-state index contributed by atoms with van der Waals surface area (Å²) in [5.74, 6) is 2.53. The van der Waals surface area contributed by atoms with Gasteiger partial charge in [-0.05, 0) is 37.1 Å². The summed E-state index contributed by atoms with van der Waals surface area (Å²) in [7, 11) is 0. The van der Waals surface area contributed by atoms with Crippen molar-refractivity contribution in [2.75, 3.05) is 32.7 Å². The van der Waals surface area contributed by atoms with Gasteiger partial charge in [0.05, 0.1) is 6.10 Å². The van der Waals surface area contributed by atoms with Crippen molar-refractivity contribution in [3.63, 3.8) is 0 Å². The smallest absolute Gasteiger partial charge is 0.0791 e. The van der Waals surface area contributed by atoms with Crippen molar-refractivity contribution in [3.05, 3.63) is 0 Å². The number of aliphatic hydroxyl groups excluding tert-OH is 1. The molecule has 100 valence electrons. The first-order valence-corrected chi connectivity index (χ1v) is 7.26. The molecule has 1 saturated carbocycles. The highest BCUT2D eigenvalue weighted by atomic mass is 16.3. The molecule has 0 aromatic heterocycles. The van der Waals surface area contributed by atoms with Crippen LogP contribution in [0, 0.1) is 17.8 Å². The van der Waals surface area contributed by atoms with E-state index < -0.39 is 0 Å². The molecule has 2 fully saturated rings. The van der Waals surface area contributed by atoms with Crippen LogP contribution in [0.1, 0.15) is 33.1 Å². The zero-order chi connectivity index (χ0) is 12.3. The number of β-amino-alcohol motifs (C(OH)–C–C–N with tert-alkyl or cyclic N) is 1. The average Bonchev–Trinajstić information content (AvgIpc) is 2.76. The predicted octanol–water partition coefficient (Wildman–Crippen LogP) is 1.32. The van der Waals surface area contributed by atoms with Gasteiger partial charge in [-0.3, -0.25) is 0 Å². The summed E-state index contributed by atoms with van der Waals surface area (Å²) in [6.45, 7) is 9.45. The van der Waals surface area contributed by atoms with Crippen LogP contribution in [0.3, 0.4) is 0 Å². The molecule has 1 heterocycles. The van der Waals surface area contributed by atoms with Crippen LogP contribution in [0.15, 0.2) is 0 Å². The maximum absolute atomic E-state index is 9.98. The lowest BCUT2D eigenvalue weighted by Gasteiger charge is -2.21. The highest BCUT2D eigenvalue weighted by molar-refractivity contribution is 4.89. The fourth-order valence-electron chi connectivity index (χ4n) is 3.38. The summed E-state index contributed by atoms with van der Waals surface area (Å²) in [6, 6.07) is 0. The maximum atomic E-state index is 9.98. The minimum atomic E-state index is -0.201. The fourth-order valence-corrected chi connectivity index (χ4v) is 3.38. The van der Waals surface area contributed by atoms with E-state index in [0.717, 1.165) is 31.5 Å². The van der Waals surface area contributed by atoms with Crippen LogP contribution in [0.2, 0.25) is 0 Å². The molecule has 2 rings (SSSR count). The van der Waals surface area contributed by atoms with Crippen molar-refractivity contribution in [1.82, 2.24) is 10.2 Å². The molecule has 17 heavy (non-hydrogen) atoms. The zero-order valence-corrected chi connectivity index (χ0v) is 11.4. The Bertz CT molecular complexity index is 220. The fraction of sp³-hybridized carbons (Fsp3) is 1.00. The lowest BCUT2D eigenvalue weighted by atomic mass is 10.0. The summed E-state index contributed by atoms with van der Waals surface area (Å²) < 4.78 is 0. The van der Waals surface area contributed by atoms with Gasteiger partial charge >= 0.3 is 0 Å². The standard InChI is InChI=1S/C14H28N2O/c1-11(2)6-15-7-14(17)10-16-8-12-4-3-5-13(12)9-16/h11-15,17H,3-10H2,1-2H3. The van der Waals surface area contributed by atoms with Gasteiger partial charge in [0, 0.05) is 26.2 Å². The Morgan fingerprint density at radius 2 is 1.82 bits per heavy atom. The Kier molecular flexibility index (Phi) is 4.83. The van der Waals surface area contributed by atoms with Crippen LogP contribution in [-0.4, -0.2) is 48.8 Å². The molecule has 1 saturated heterocycles. The lowest BCUT2D eigenvalue weighted by molar-refractivity contribution is 0.119. The van der Waals surface area contributed by atoms with Gasteiger partial charge in [-0.1, -0.05) is 20.3 Å². The molecule has 0 aromatic carbocycles. The highest BCUT2D eigenvalue weighted by Gasteiger charge is 2.36. The number of hydrogen-bond acceptors (Lipinski definition) is 3. The largest absolute Gasteiger partial charge is 0.390 e. The molecule has 1 aliphatic heterocycles. The quantitative estimate of drug-likeness (QED) is 0.735. The molecular formula is C14H28N2O. The van der Waals surface area contributed by atoms with Gasteiger partial charge in [0.15, 0.2) is 0 Å². The van der Waals surface area contributed by atoms with Crippen molar-refractivity contribution in [1.29, 1.82) is 0 Å². The van der Waals surface area contributed by atoms with Gasteiger partial charge in [0.25, 0.3) is 0 Å². The Hall–Kier alpha value is -0.120. The summed E-state index contributed by atoms with van der Waals surface area (Å²) in [5.41, 5.74) is 0. The molecule has 2 aliphatic rings. The third kappa shape index (κ3) is 3.94. The Morgan fingerprint density at radius 1 is 1.18 bits per heavy atom. The first-order valence-electron chi connectivity index (χ1n) is 7.26. The Morgan fingerprint density at radius 3 is 2.41 bits per heavy atom. The molecule has 0 aromatic rings. The van der Waals surface area contributed by atoms with E-state index in [9.17, 15) is 5.11 Å². The van der Waals surface area contributed by atoms with E-state index in [1.165, 1.54) is 32.4 Å². The molecular weight excluding hydrogens is 212 g/mol. The van der Waals surface area contributed by atoms with Crippen LogP contribution in [0.25, 0.3) is 0 Å². The molecule has 0 spiro atoms. The number of fused-ring (bicyclic) bond motifs is 1. The number of hydrogen-bond donors (Lipinski definition) is 2. The average molecular weight is 240 g/mol. The van der Waals surface area contributed by atoms with Crippen molar-refractivity contribution in [2.24, 2.45) is 17.8 Å². The first kappa shape index (κ1) is 13.3. The third-order valence-electron chi connectivity index (χ3n) is 4.20. The van der Waals surface area contributed by atoms with Gasteiger partial charge in [0.2, 0.25) is 0 Å². The van der Waals surface area contributed by atoms with Crippen LogP contribution >= 0.6 is 0 Å². The van der Waals surface area contributed by atoms with Crippen molar-refractivity contribution in [3.8, 4) is 0 Å². The topological polar surface area (TPSA) is 35.5 Å². The molecule has 3 heteroatoms. The third-order valence-corrected chi connectivity index (χ3v) is 4.20. The number of nitrogens with zero attached hydrogens (tertiary/aromatic N) is 1.